The molecule has 4 aromatic heterocycles. The van der Waals surface area contributed by atoms with Crippen LogP contribution in [0, 0.1) is 12.7 Å². The Hall–Kier alpha value is -3.13. The molecule has 1 saturated carbocycles. The van der Waals surface area contributed by atoms with Crippen molar-refractivity contribution in [1.82, 2.24) is 24.8 Å². The van der Waals surface area contributed by atoms with Crippen molar-refractivity contribution >= 4 is 28.3 Å². The van der Waals surface area contributed by atoms with Crippen LogP contribution in [0.15, 0.2) is 48.9 Å². The summed E-state index contributed by atoms with van der Waals surface area (Å²) in [6.07, 6.45) is 8.58. The Morgan fingerprint density at radius 2 is 2.13 bits per heavy atom. The summed E-state index contributed by atoms with van der Waals surface area (Å²) in [6.45, 7) is 1.99. The number of nitrogens with one attached hydrogen (secondary N) is 1. The number of aromatic nitrogens is 4. The summed E-state index contributed by atoms with van der Waals surface area (Å²) >= 11 is 1.50. The van der Waals surface area contributed by atoms with E-state index in [4.69, 9.17) is 4.98 Å². The number of nitrogens with zero attached hydrogens (tertiary/aromatic N) is 4. The van der Waals surface area contributed by atoms with E-state index < -0.39 is 5.82 Å². The maximum absolute atomic E-state index is 14.6. The van der Waals surface area contributed by atoms with Gasteiger partial charge in [0.15, 0.2) is 11.6 Å². The zero-order valence-corrected chi connectivity index (χ0v) is 17.9. The minimum Gasteiger partial charge on any atom is -0.349 e. The molecule has 2 atom stereocenters. The third-order valence-corrected chi connectivity index (χ3v) is 6.77. The van der Waals surface area contributed by atoms with E-state index in [0.717, 1.165) is 46.5 Å². The third kappa shape index (κ3) is 3.83. The van der Waals surface area contributed by atoms with E-state index in [1.807, 2.05) is 25.1 Å². The number of fused-ring (bicyclic) bond motifs is 1. The van der Waals surface area contributed by atoms with E-state index in [0.29, 0.717) is 5.82 Å². The van der Waals surface area contributed by atoms with Crippen LogP contribution in [0.1, 0.15) is 46.3 Å². The summed E-state index contributed by atoms with van der Waals surface area (Å²) in [5.41, 5.74) is 1.85. The van der Waals surface area contributed by atoms with Crippen molar-refractivity contribution in [3.63, 3.8) is 0 Å². The average molecular weight is 436 g/mol. The molecule has 0 unspecified atom stereocenters. The number of halogens is 1. The minimum absolute atomic E-state index is 0.0306. The molecule has 4 aromatic rings. The van der Waals surface area contributed by atoms with E-state index >= 15 is 0 Å². The molecule has 31 heavy (non-hydrogen) atoms. The highest BCUT2D eigenvalue weighted by atomic mass is 32.1. The molecular weight excluding hydrogens is 413 g/mol. The van der Waals surface area contributed by atoms with Gasteiger partial charge in [-0.15, -0.1) is 11.3 Å². The van der Waals surface area contributed by atoms with Crippen LogP contribution in [-0.2, 0) is 0 Å². The number of rotatable bonds is 4. The number of carbonyl (C=O) groups is 1. The molecule has 0 radical (unpaired) electrons. The van der Waals surface area contributed by atoms with Crippen molar-refractivity contribution in [2.24, 2.45) is 0 Å². The topological polar surface area (TPSA) is 72.7 Å². The van der Waals surface area contributed by atoms with Crippen LogP contribution in [-0.4, -0.2) is 31.5 Å². The van der Waals surface area contributed by atoms with E-state index in [2.05, 4.69) is 19.9 Å². The van der Waals surface area contributed by atoms with Gasteiger partial charge in [-0.25, -0.2) is 14.4 Å². The molecule has 4 heterocycles. The van der Waals surface area contributed by atoms with E-state index in [-0.39, 0.29) is 23.7 Å². The van der Waals surface area contributed by atoms with Gasteiger partial charge in [0.05, 0.1) is 22.1 Å². The summed E-state index contributed by atoms with van der Waals surface area (Å²) in [5, 5.41) is 3.19. The number of aryl methyl sites for hydroxylation is 1. The lowest BCUT2D eigenvalue weighted by Gasteiger charge is -2.31. The Kier molecular flexibility index (Phi) is 5.23. The van der Waals surface area contributed by atoms with Crippen molar-refractivity contribution in [2.45, 2.75) is 44.7 Å². The van der Waals surface area contributed by atoms with E-state index in [9.17, 15) is 9.18 Å². The fourth-order valence-corrected chi connectivity index (χ4v) is 5.14. The largest absolute Gasteiger partial charge is 0.349 e. The number of imidazole rings is 1. The molecule has 0 spiro atoms. The lowest BCUT2D eigenvalue weighted by molar-refractivity contribution is 0.0925. The first kappa shape index (κ1) is 19.8. The molecule has 1 aliphatic carbocycles. The van der Waals surface area contributed by atoms with Crippen molar-refractivity contribution in [3.8, 4) is 11.5 Å². The second kappa shape index (κ2) is 8.19. The Morgan fingerprint density at radius 1 is 1.23 bits per heavy atom. The van der Waals surface area contributed by atoms with Gasteiger partial charge >= 0.3 is 0 Å². The molecule has 1 amide bonds. The normalized spacial score (nSPS) is 18.9. The van der Waals surface area contributed by atoms with Crippen molar-refractivity contribution in [3.05, 3.63) is 64.5 Å². The maximum atomic E-state index is 14.6. The molecule has 8 heteroatoms. The molecule has 0 bridgehead atoms. The van der Waals surface area contributed by atoms with Crippen LogP contribution in [0.5, 0.6) is 0 Å². The smallest absolute Gasteiger partial charge is 0.261 e. The zero-order chi connectivity index (χ0) is 21.4. The lowest BCUT2D eigenvalue weighted by Crippen LogP contribution is -2.38. The first-order chi connectivity index (χ1) is 15.1. The van der Waals surface area contributed by atoms with Crippen LogP contribution >= 0.6 is 11.3 Å². The summed E-state index contributed by atoms with van der Waals surface area (Å²) in [4.78, 5) is 27.7. The number of thiophene rings is 1. The Balaban J connectivity index is 1.48. The molecule has 0 aliphatic heterocycles. The number of amides is 1. The summed E-state index contributed by atoms with van der Waals surface area (Å²) in [6, 6.07) is 8.74. The van der Waals surface area contributed by atoms with Gasteiger partial charge in [-0.3, -0.25) is 9.78 Å². The predicted molar refractivity (Wildman–Crippen MR) is 119 cm³/mol. The first-order valence-corrected chi connectivity index (χ1v) is 11.2. The second-order valence-corrected chi connectivity index (χ2v) is 9.19. The van der Waals surface area contributed by atoms with Crippen LogP contribution in [0.2, 0.25) is 0 Å². The molecule has 1 fully saturated rings. The van der Waals surface area contributed by atoms with Crippen LogP contribution in [0.25, 0.3) is 22.6 Å². The van der Waals surface area contributed by atoms with Gasteiger partial charge in [-0.1, -0.05) is 0 Å². The second-order valence-electron chi connectivity index (χ2n) is 7.90. The Labute approximate surface area is 183 Å². The van der Waals surface area contributed by atoms with Gasteiger partial charge in [0, 0.05) is 29.4 Å². The van der Waals surface area contributed by atoms with Gasteiger partial charge in [0.1, 0.15) is 5.69 Å². The molecule has 1 aliphatic rings. The van der Waals surface area contributed by atoms with Crippen LogP contribution in [0.4, 0.5) is 4.39 Å². The number of carbonyl (C=O) groups excluding carboxylic acids is 1. The number of pyridine rings is 2. The Bertz CT molecular complexity index is 1250. The maximum Gasteiger partial charge on any atom is 0.261 e. The molecule has 0 saturated heterocycles. The van der Waals surface area contributed by atoms with Gasteiger partial charge in [-0.05, 0) is 62.9 Å². The van der Waals surface area contributed by atoms with Crippen LogP contribution in [0.3, 0.4) is 0 Å². The first-order valence-electron chi connectivity index (χ1n) is 10.4. The average Bonchev–Trinajstić information content (AvgIpc) is 3.38. The fraction of sp³-hybridized carbons (Fsp3) is 0.304. The van der Waals surface area contributed by atoms with E-state index in [1.165, 1.54) is 17.4 Å². The van der Waals surface area contributed by atoms with Crippen molar-refractivity contribution < 1.29 is 9.18 Å². The molecule has 1 N–H and O–H groups in total. The highest BCUT2D eigenvalue weighted by Crippen LogP contribution is 2.36. The summed E-state index contributed by atoms with van der Waals surface area (Å²) in [5.74, 6) is 0.0737. The van der Waals surface area contributed by atoms with Crippen molar-refractivity contribution in [1.29, 1.82) is 0 Å². The predicted octanol–water partition coefficient (Wildman–Crippen LogP) is 4.92. The molecule has 5 rings (SSSR count). The molecule has 0 aromatic carbocycles. The van der Waals surface area contributed by atoms with Gasteiger partial charge in [0.25, 0.3) is 5.91 Å². The number of hydrogen-bond acceptors (Lipinski definition) is 5. The monoisotopic (exact) mass is 435 g/mol. The highest BCUT2D eigenvalue weighted by Gasteiger charge is 2.29. The fourth-order valence-electron chi connectivity index (χ4n) is 4.37. The van der Waals surface area contributed by atoms with Gasteiger partial charge in [0.2, 0.25) is 0 Å². The van der Waals surface area contributed by atoms with Crippen molar-refractivity contribution in [2.75, 3.05) is 0 Å². The highest BCUT2D eigenvalue weighted by molar-refractivity contribution is 7.13. The van der Waals surface area contributed by atoms with Crippen LogP contribution < -0.4 is 5.32 Å². The SMILES string of the molecule is Cc1ccc(C(=O)N[C@@H]2CCC[C@H](n3c(-c4ncccc4F)nc4ccncc43)C2)s1. The van der Waals surface area contributed by atoms with Gasteiger partial charge in [-0.2, -0.15) is 0 Å². The molecular formula is C23H22FN5OS. The minimum atomic E-state index is -0.402. The zero-order valence-electron chi connectivity index (χ0n) is 17.1. The lowest BCUT2D eigenvalue weighted by atomic mass is 9.90. The Morgan fingerprint density at radius 3 is 2.94 bits per heavy atom. The quantitative estimate of drug-likeness (QED) is 0.494. The third-order valence-electron chi connectivity index (χ3n) is 5.77. The van der Waals surface area contributed by atoms with Gasteiger partial charge < -0.3 is 9.88 Å². The summed E-state index contributed by atoms with van der Waals surface area (Å²) < 4.78 is 16.7. The number of hydrogen-bond donors (Lipinski definition) is 1. The molecule has 158 valence electrons. The standard InChI is InChI=1S/C23H22FN5OS/c1-14-7-8-20(31-14)23(30)27-15-4-2-5-16(12-15)29-19-13-25-11-9-18(19)28-22(29)21-17(24)6-3-10-26-21/h3,6-11,13,15-16H,2,4-5,12H2,1H3,(H,27,30)/t15-,16+/m1/s1. The molecule has 6 nitrogen and oxygen atoms in total. The summed E-state index contributed by atoms with van der Waals surface area (Å²) in [7, 11) is 0. The van der Waals surface area contributed by atoms with E-state index in [1.54, 1.807) is 24.7 Å².